The van der Waals surface area contributed by atoms with Crippen molar-refractivity contribution in [3.8, 4) is 0 Å². The lowest BCUT2D eigenvalue weighted by atomic mass is 10.1. The topological polar surface area (TPSA) is 96.0 Å². The van der Waals surface area contributed by atoms with Gasteiger partial charge < -0.3 is 15.0 Å². The molecule has 2 aliphatic heterocycles. The fourth-order valence-corrected chi connectivity index (χ4v) is 4.35. The smallest absolute Gasteiger partial charge is 0.251 e. The Bertz CT molecular complexity index is 855. The number of amides is 2. The highest BCUT2D eigenvalue weighted by Crippen LogP contribution is 2.25. The van der Waals surface area contributed by atoms with E-state index in [9.17, 15) is 18.0 Å². The molecule has 0 saturated carbocycles. The average molecular weight is 410 g/mol. The molecule has 1 aromatic rings. The van der Waals surface area contributed by atoms with Gasteiger partial charge in [0.1, 0.15) is 0 Å². The number of nitrogens with zero attached hydrogens (tertiary/aromatic N) is 2. The van der Waals surface area contributed by atoms with Crippen LogP contribution in [0.4, 0.5) is 0 Å². The Labute approximate surface area is 165 Å². The van der Waals surface area contributed by atoms with Gasteiger partial charge in [0.05, 0.1) is 24.0 Å². The number of hydrogen-bond donors (Lipinski definition) is 1. The molecule has 0 aliphatic carbocycles. The molecule has 0 bridgehead atoms. The molecule has 1 N–H and O–H groups in total. The molecule has 2 aliphatic rings. The van der Waals surface area contributed by atoms with E-state index in [-0.39, 0.29) is 34.9 Å². The van der Waals surface area contributed by atoms with Crippen molar-refractivity contribution >= 4 is 21.7 Å². The van der Waals surface area contributed by atoms with E-state index in [1.165, 1.54) is 12.1 Å². The summed E-state index contributed by atoms with van der Waals surface area (Å²) in [6.07, 6.45) is 2.11. The van der Waals surface area contributed by atoms with E-state index >= 15 is 0 Å². The molecule has 2 heterocycles. The zero-order chi connectivity index (χ0) is 20.5. The summed E-state index contributed by atoms with van der Waals surface area (Å²) in [6.45, 7) is 1.90. The van der Waals surface area contributed by atoms with E-state index in [0.29, 0.717) is 31.7 Å². The second-order valence-corrected chi connectivity index (χ2v) is 9.78. The van der Waals surface area contributed by atoms with Crippen molar-refractivity contribution < 1.29 is 22.7 Å². The minimum absolute atomic E-state index is 0.0358. The lowest BCUT2D eigenvalue weighted by molar-refractivity contribution is -0.134. The third-order valence-electron chi connectivity index (χ3n) is 5.25. The predicted molar refractivity (Wildman–Crippen MR) is 104 cm³/mol. The standard InChI is InChI=1S/C19H27N3O5S/c1-21(2)18(23)9-16-11-22-10-14(8-15(22)12-27-16)20-19(24)13-5-4-6-17(7-13)28(3,25)26/h4-7,14-16H,8-12H2,1-3H3,(H,20,24)/t14-,15-,16-/m0/s1. The molecule has 2 amide bonds. The van der Waals surface area contributed by atoms with Crippen LogP contribution in [-0.2, 0) is 19.4 Å². The van der Waals surface area contributed by atoms with Crippen molar-refractivity contribution in [2.24, 2.45) is 0 Å². The van der Waals surface area contributed by atoms with Crippen LogP contribution in [0, 0.1) is 0 Å². The summed E-state index contributed by atoms with van der Waals surface area (Å²) in [4.78, 5) is 28.4. The van der Waals surface area contributed by atoms with E-state index in [1.54, 1.807) is 31.1 Å². The Kier molecular flexibility index (Phi) is 6.07. The molecular weight excluding hydrogens is 382 g/mol. The first kappa shape index (κ1) is 20.8. The highest BCUT2D eigenvalue weighted by atomic mass is 32.2. The van der Waals surface area contributed by atoms with Gasteiger partial charge in [-0.3, -0.25) is 14.5 Å². The maximum absolute atomic E-state index is 12.6. The molecule has 3 atom stereocenters. The van der Waals surface area contributed by atoms with Crippen LogP contribution in [-0.4, -0.2) is 88.3 Å². The van der Waals surface area contributed by atoms with E-state index < -0.39 is 9.84 Å². The average Bonchev–Trinajstić information content (AvgIpc) is 3.02. The number of hydrogen-bond acceptors (Lipinski definition) is 6. The molecule has 28 heavy (non-hydrogen) atoms. The summed E-state index contributed by atoms with van der Waals surface area (Å²) < 4.78 is 29.2. The van der Waals surface area contributed by atoms with Crippen molar-refractivity contribution in [3.63, 3.8) is 0 Å². The van der Waals surface area contributed by atoms with Crippen LogP contribution in [0.2, 0.25) is 0 Å². The lowest BCUT2D eigenvalue weighted by Gasteiger charge is -2.35. The summed E-state index contributed by atoms with van der Waals surface area (Å²) in [5.41, 5.74) is 0.332. The predicted octanol–water partition coefficient (Wildman–Crippen LogP) is 0.140. The molecule has 154 valence electrons. The summed E-state index contributed by atoms with van der Waals surface area (Å²) in [5.74, 6) is -0.242. The van der Waals surface area contributed by atoms with Gasteiger partial charge in [-0.2, -0.15) is 0 Å². The largest absolute Gasteiger partial charge is 0.375 e. The van der Waals surface area contributed by atoms with Crippen LogP contribution in [0.15, 0.2) is 29.2 Å². The number of sulfone groups is 1. The second kappa shape index (κ2) is 8.18. The number of fused-ring (bicyclic) bond motifs is 1. The van der Waals surface area contributed by atoms with Gasteiger partial charge in [0.2, 0.25) is 5.91 Å². The van der Waals surface area contributed by atoms with Crippen molar-refractivity contribution in [3.05, 3.63) is 29.8 Å². The molecule has 2 fully saturated rings. The fraction of sp³-hybridized carbons (Fsp3) is 0.579. The molecule has 0 radical (unpaired) electrons. The van der Waals surface area contributed by atoms with Gasteiger partial charge in [0, 0.05) is 51.1 Å². The van der Waals surface area contributed by atoms with Gasteiger partial charge >= 0.3 is 0 Å². The van der Waals surface area contributed by atoms with E-state index in [2.05, 4.69) is 10.2 Å². The second-order valence-electron chi connectivity index (χ2n) is 7.76. The SMILES string of the molecule is CN(C)C(=O)C[C@H]1CN2C[C@@H](NC(=O)c3cccc(S(C)(=O)=O)c3)C[C@H]2CO1. The molecular formula is C19H27N3O5S. The van der Waals surface area contributed by atoms with Crippen LogP contribution in [0.25, 0.3) is 0 Å². The van der Waals surface area contributed by atoms with Gasteiger partial charge in [0.25, 0.3) is 5.91 Å². The highest BCUT2D eigenvalue weighted by Gasteiger charge is 2.38. The minimum Gasteiger partial charge on any atom is -0.375 e. The molecule has 0 unspecified atom stereocenters. The minimum atomic E-state index is -3.36. The number of morpholine rings is 1. The van der Waals surface area contributed by atoms with Gasteiger partial charge in [-0.05, 0) is 24.6 Å². The lowest BCUT2D eigenvalue weighted by Crippen LogP contribution is -2.47. The van der Waals surface area contributed by atoms with Crippen molar-refractivity contribution in [1.82, 2.24) is 15.1 Å². The Morgan fingerprint density at radius 3 is 2.71 bits per heavy atom. The maximum atomic E-state index is 12.6. The quantitative estimate of drug-likeness (QED) is 0.743. The molecule has 3 rings (SSSR count). The number of nitrogens with one attached hydrogen (secondary N) is 1. The zero-order valence-electron chi connectivity index (χ0n) is 16.4. The molecule has 1 aromatic carbocycles. The van der Waals surface area contributed by atoms with Gasteiger partial charge in [-0.25, -0.2) is 8.42 Å². The molecule has 9 heteroatoms. The van der Waals surface area contributed by atoms with E-state index in [4.69, 9.17) is 4.74 Å². The first-order chi connectivity index (χ1) is 13.1. The molecule has 2 saturated heterocycles. The first-order valence-corrected chi connectivity index (χ1v) is 11.2. The Hall–Kier alpha value is -1.97. The number of benzene rings is 1. The number of carbonyl (C=O) groups excluding carboxylic acids is 2. The monoisotopic (exact) mass is 409 g/mol. The number of ether oxygens (including phenoxy) is 1. The van der Waals surface area contributed by atoms with Crippen LogP contribution >= 0.6 is 0 Å². The van der Waals surface area contributed by atoms with Crippen molar-refractivity contribution in [1.29, 1.82) is 0 Å². The Morgan fingerprint density at radius 1 is 1.29 bits per heavy atom. The van der Waals surface area contributed by atoms with Crippen molar-refractivity contribution in [2.75, 3.05) is 40.0 Å². The Balaban J connectivity index is 1.58. The summed E-state index contributed by atoms with van der Waals surface area (Å²) in [6, 6.07) is 6.25. The third kappa shape index (κ3) is 4.89. The number of rotatable bonds is 5. The fourth-order valence-electron chi connectivity index (χ4n) is 3.68. The maximum Gasteiger partial charge on any atom is 0.251 e. The summed E-state index contributed by atoms with van der Waals surface area (Å²) in [7, 11) is 0.0993. The molecule has 8 nitrogen and oxygen atoms in total. The zero-order valence-corrected chi connectivity index (χ0v) is 17.2. The van der Waals surface area contributed by atoms with E-state index in [1.807, 2.05) is 0 Å². The van der Waals surface area contributed by atoms with Crippen LogP contribution in [0.3, 0.4) is 0 Å². The van der Waals surface area contributed by atoms with Gasteiger partial charge in [-0.15, -0.1) is 0 Å². The van der Waals surface area contributed by atoms with Crippen LogP contribution < -0.4 is 5.32 Å². The van der Waals surface area contributed by atoms with Gasteiger partial charge in [0.15, 0.2) is 9.84 Å². The van der Waals surface area contributed by atoms with Crippen LogP contribution in [0.1, 0.15) is 23.2 Å². The van der Waals surface area contributed by atoms with E-state index in [0.717, 1.165) is 12.7 Å². The third-order valence-corrected chi connectivity index (χ3v) is 6.36. The number of carbonyl (C=O) groups is 2. The summed E-state index contributed by atoms with van der Waals surface area (Å²) in [5, 5.41) is 3.00. The normalized spacial score (nSPS) is 25.2. The Morgan fingerprint density at radius 2 is 2.04 bits per heavy atom. The van der Waals surface area contributed by atoms with Crippen LogP contribution in [0.5, 0.6) is 0 Å². The molecule has 0 aromatic heterocycles. The first-order valence-electron chi connectivity index (χ1n) is 9.30. The summed E-state index contributed by atoms with van der Waals surface area (Å²) >= 11 is 0. The van der Waals surface area contributed by atoms with Gasteiger partial charge in [-0.1, -0.05) is 6.07 Å². The molecule has 0 spiro atoms. The van der Waals surface area contributed by atoms with Crippen molar-refractivity contribution in [2.45, 2.75) is 35.9 Å². The highest BCUT2D eigenvalue weighted by molar-refractivity contribution is 7.90.